The summed E-state index contributed by atoms with van der Waals surface area (Å²) in [7, 11) is 0. The molecule has 0 saturated carbocycles. The Labute approximate surface area is 166 Å². The number of hydrogen-bond acceptors (Lipinski definition) is 1. The monoisotopic (exact) mass is 554 g/mol. The first kappa shape index (κ1) is 28.0. The van der Waals surface area contributed by atoms with Crippen LogP contribution in [0, 0.1) is 0 Å². The van der Waals surface area contributed by atoms with Crippen LogP contribution in [-0.4, -0.2) is 0 Å². The third-order valence-electron chi connectivity index (χ3n) is 2.28. The lowest BCUT2D eigenvalue weighted by Crippen LogP contribution is -3.00. The molecular weight excluding hydrogens is 551 g/mol. The molecule has 3 rings (SSSR count). The van der Waals surface area contributed by atoms with Crippen molar-refractivity contribution in [2.75, 3.05) is 0 Å². The third kappa shape index (κ3) is 5.56. The molecule has 2 aromatic carbocycles. The molecule has 0 unspecified atom stereocenters. The first-order valence-electron chi connectivity index (χ1n) is 4.31. The van der Waals surface area contributed by atoms with Crippen molar-refractivity contribution in [3.63, 3.8) is 0 Å². The summed E-state index contributed by atoms with van der Waals surface area (Å²) in [5.41, 5.74) is 1.92. The maximum atomic E-state index is 5.65. The molecule has 7 heteroatoms. The summed E-state index contributed by atoms with van der Waals surface area (Å²) in [6, 6.07) is 16.2. The summed E-state index contributed by atoms with van der Waals surface area (Å²) in [6.07, 6.45) is 0. The second-order valence-electron chi connectivity index (χ2n) is 3.09. The number of halogens is 6. The number of hydrogen-bond donors (Lipinski definition) is 0. The molecule has 1 aromatic heterocycles. The average molecular weight is 559 g/mol. The van der Waals surface area contributed by atoms with Crippen LogP contribution in [0.2, 0.25) is 0 Å². The summed E-state index contributed by atoms with van der Waals surface area (Å²) in [4.78, 5) is 0. The minimum Gasteiger partial charge on any atom is -1.00 e. The number of benzene rings is 2. The van der Waals surface area contributed by atoms with E-state index in [-0.39, 0.29) is 92.7 Å². The molecule has 1 heterocycles. The third-order valence-corrected chi connectivity index (χ3v) is 2.28. The second-order valence-corrected chi connectivity index (χ2v) is 3.09. The van der Waals surface area contributed by atoms with Crippen LogP contribution < -0.4 is 92.7 Å². The number of para-hydroxylation sites is 2. The van der Waals surface area contributed by atoms with Crippen LogP contribution in [0.5, 0.6) is 0 Å². The van der Waals surface area contributed by atoms with E-state index in [2.05, 4.69) is 12.1 Å². The van der Waals surface area contributed by atoms with Crippen LogP contribution in [0.3, 0.4) is 0 Å². The van der Waals surface area contributed by atoms with E-state index in [0.29, 0.717) is 0 Å². The smallest absolute Gasteiger partial charge is 0.135 e. The van der Waals surface area contributed by atoms with Gasteiger partial charge in [-0.05, 0) is 12.1 Å². The summed E-state index contributed by atoms with van der Waals surface area (Å²) in [5.74, 6) is 0. The Morgan fingerprint density at radius 3 is 1.21 bits per heavy atom. The molecule has 110 valence electrons. The Morgan fingerprint density at radius 2 is 0.842 bits per heavy atom. The van der Waals surface area contributed by atoms with Gasteiger partial charge in [-0.3, -0.25) is 0 Å². The summed E-state index contributed by atoms with van der Waals surface area (Å²) < 4.78 is 5.65. The van der Waals surface area contributed by atoms with Gasteiger partial charge in [0.05, 0.1) is 0 Å². The van der Waals surface area contributed by atoms with Gasteiger partial charge >= 0.3 is 0 Å². The van der Waals surface area contributed by atoms with Crippen LogP contribution in [0.4, 0.5) is 0 Å². The zero-order valence-electron chi connectivity index (χ0n) is 9.29. The van der Waals surface area contributed by atoms with Gasteiger partial charge in [-0.25, -0.2) is 0 Å². The van der Waals surface area contributed by atoms with Crippen LogP contribution in [0.15, 0.2) is 52.9 Å². The van der Waals surface area contributed by atoms with E-state index in [9.17, 15) is 0 Å². The van der Waals surface area contributed by atoms with Gasteiger partial charge < -0.3 is 97.2 Å². The van der Waals surface area contributed by atoms with E-state index in [0.717, 1.165) is 11.2 Å². The van der Waals surface area contributed by atoms with Crippen LogP contribution >= 0.6 is 0 Å². The van der Waals surface area contributed by atoms with Crippen molar-refractivity contribution in [1.82, 2.24) is 0 Å². The maximum Gasteiger partial charge on any atom is 0.135 e. The van der Waals surface area contributed by atoms with E-state index in [4.69, 9.17) is 4.42 Å². The lowest BCUT2D eigenvalue weighted by Gasteiger charge is -1.85. The predicted molar refractivity (Wildman–Crippen MR) is 53.7 cm³/mol. The van der Waals surface area contributed by atoms with E-state index in [1.54, 1.807) is 0 Å². The van der Waals surface area contributed by atoms with Gasteiger partial charge in [0.25, 0.3) is 0 Å². The van der Waals surface area contributed by atoms with Gasteiger partial charge in [0.1, 0.15) is 11.2 Å². The second kappa shape index (κ2) is 12.5. The van der Waals surface area contributed by atoms with Crippen molar-refractivity contribution >= 4 is 21.9 Å². The Morgan fingerprint density at radius 1 is 0.526 bits per heavy atom. The van der Waals surface area contributed by atoms with Gasteiger partial charge in [0.2, 0.25) is 0 Å². The van der Waals surface area contributed by atoms with E-state index < -0.39 is 0 Å². The van der Waals surface area contributed by atoms with Gasteiger partial charge in [0.15, 0.2) is 0 Å². The van der Waals surface area contributed by atoms with E-state index in [1.165, 1.54) is 10.8 Å². The Balaban J connectivity index is -0.000000187. The summed E-state index contributed by atoms with van der Waals surface area (Å²) >= 11 is 0. The minimum absolute atomic E-state index is 0. The average Bonchev–Trinajstić information content (AvgIpc) is 2.56. The van der Waals surface area contributed by atoms with Gasteiger partial charge in [-0.1, -0.05) is 36.4 Å². The molecule has 3 aromatic rings. The maximum absolute atomic E-state index is 5.65. The number of fused-ring (bicyclic) bond motifs is 3. The fourth-order valence-electron chi connectivity index (χ4n) is 1.67. The fraction of sp³-hybridized carbons (Fsp3) is 0. The molecule has 0 radical (unpaired) electrons. The van der Waals surface area contributed by atoms with Crippen molar-refractivity contribution < 1.29 is 97.2 Å². The standard InChI is InChI=1S/C12H8O.4BrH.2ClH/c1-3-7-11-9(5-1)10-6-2-4-8-12(10)13-11;;;;;;/h1-8H;6*1H/p-6. The topological polar surface area (TPSA) is 13.1 Å². The Hall–Kier alpha value is 0.740. The summed E-state index contributed by atoms with van der Waals surface area (Å²) in [6.45, 7) is 0. The van der Waals surface area contributed by atoms with Crippen molar-refractivity contribution in [1.29, 1.82) is 0 Å². The molecular formula is C12H8Br4Cl2O-6. The highest BCUT2D eigenvalue weighted by Crippen LogP contribution is 2.27. The predicted octanol–water partition coefficient (Wildman–Crippen LogP) is -14.4. The molecule has 0 N–H and O–H groups in total. The molecule has 0 saturated heterocycles. The SMILES string of the molecule is [Br-].[Br-].[Br-].[Br-].[Cl-].[Cl-].c1ccc2c(c1)oc1ccccc12. The molecule has 0 atom stereocenters. The normalized spacial score (nSPS) is 7.58. The van der Waals surface area contributed by atoms with Gasteiger partial charge in [-0.2, -0.15) is 0 Å². The quantitative estimate of drug-likeness (QED) is 0.267. The van der Waals surface area contributed by atoms with Crippen molar-refractivity contribution in [2.24, 2.45) is 0 Å². The Bertz CT molecular complexity index is 535. The zero-order chi connectivity index (χ0) is 8.67. The van der Waals surface area contributed by atoms with Gasteiger partial charge in [-0.15, -0.1) is 0 Å². The molecule has 0 fully saturated rings. The number of furan rings is 1. The fourth-order valence-corrected chi connectivity index (χ4v) is 1.67. The lowest BCUT2D eigenvalue weighted by molar-refractivity contribution is -0.00100. The van der Waals surface area contributed by atoms with Crippen molar-refractivity contribution in [3.05, 3.63) is 48.5 Å². The van der Waals surface area contributed by atoms with Crippen LogP contribution in [0.1, 0.15) is 0 Å². The number of rotatable bonds is 0. The van der Waals surface area contributed by atoms with E-state index >= 15 is 0 Å². The highest BCUT2D eigenvalue weighted by molar-refractivity contribution is 6.04. The molecule has 0 aliphatic rings. The summed E-state index contributed by atoms with van der Waals surface area (Å²) in [5, 5.41) is 2.39. The van der Waals surface area contributed by atoms with E-state index in [1.807, 2.05) is 36.4 Å². The molecule has 0 aliphatic carbocycles. The first-order valence-corrected chi connectivity index (χ1v) is 4.31. The zero-order valence-corrected chi connectivity index (χ0v) is 17.2. The van der Waals surface area contributed by atoms with Crippen molar-refractivity contribution in [3.8, 4) is 0 Å². The molecule has 0 amide bonds. The largest absolute Gasteiger partial charge is 1.00 e. The first-order chi connectivity index (χ1) is 6.45. The molecule has 0 bridgehead atoms. The van der Waals surface area contributed by atoms with Gasteiger partial charge in [0, 0.05) is 10.8 Å². The van der Waals surface area contributed by atoms with Crippen LogP contribution in [0.25, 0.3) is 21.9 Å². The Kier molecular flexibility index (Phi) is 18.4. The molecule has 0 aliphatic heterocycles. The highest BCUT2D eigenvalue weighted by Gasteiger charge is 2.03. The lowest BCUT2D eigenvalue weighted by atomic mass is 10.2. The highest BCUT2D eigenvalue weighted by atomic mass is 79.9. The van der Waals surface area contributed by atoms with Crippen LogP contribution in [-0.2, 0) is 0 Å². The molecule has 19 heavy (non-hydrogen) atoms. The molecule has 1 nitrogen and oxygen atoms in total. The molecule has 0 spiro atoms. The van der Waals surface area contributed by atoms with Crippen molar-refractivity contribution in [2.45, 2.75) is 0 Å². The minimum atomic E-state index is 0.